The lowest BCUT2D eigenvalue weighted by Crippen LogP contribution is -2.35. The van der Waals surface area contributed by atoms with Gasteiger partial charge >= 0.3 is 0 Å². The van der Waals surface area contributed by atoms with Crippen LogP contribution in [0.5, 0.6) is 0 Å². The molecule has 3 nitrogen and oxygen atoms in total. The molecule has 0 aliphatic rings. The van der Waals surface area contributed by atoms with Gasteiger partial charge in [0.15, 0.2) is 5.78 Å². The van der Waals surface area contributed by atoms with Gasteiger partial charge < -0.3 is 5.32 Å². The molecule has 0 aliphatic carbocycles. The quantitative estimate of drug-likeness (QED) is 0.876. The van der Waals surface area contributed by atoms with Crippen LogP contribution in [0.1, 0.15) is 31.1 Å². The molecule has 1 aromatic rings. The molecular formula is C13H15Br2NO2. The second-order valence-corrected chi connectivity index (χ2v) is 6.75. The van der Waals surface area contributed by atoms with Gasteiger partial charge in [0, 0.05) is 14.4 Å². The third-order valence-electron chi connectivity index (χ3n) is 2.42. The Morgan fingerprint density at radius 2 is 1.83 bits per heavy atom. The molecule has 0 saturated carbocycles. The molecule has 98 valence electrons. The zero-order valence-corrected chi connectivity index (χ0v) is 13.7. The number of rotatable bonds is 3. The molecule has 0 unspecified atom stereocenters. The Bertz CT molecular complexity index is 478. The number of nitrogens with one attached hydrogen (secondary N) is 1. The molecule has 1 N–H and O–H groups in total. The number of ketones is 1. The minimum Gasteiger partial charge on any atom is -0.345 e. The maximum absolute atomic E-state index is 11.9. The standard InChI is InChI=1S/C13H15Br2NO2/c1-13(2,3)11(17)7-16-12(18)9-5-4-8(14)6-10(9)15/h4-6H,7H2,1-3H3,(H,16,18). The van der Waals surface area contributed by atoms with E-state index in [0.717, 1.165) is 4.47 Å². The summed E-state index contributed by atoms with van der Waals surface area (Å²) in [5.74, 6) is -0.254. The van der Waals surface area contributed by atoms with Gasteiger partial charge in [0.1, 0.15) is 0 Å². The Kier molecular flexibility index (Phi) is 5.10. The fourth-order valence-electron chi connectivity index (χ4n) is 1.19. The Labute approximate surface area is 124 Å². The molecule has 1 rings (SSSR count). The summed E-state index contributed by atoms with van der Waals surface area (Å²) in [5.41, 5.74) is 0.0736. The van der Waals surface area contributed by atoms with Crippen molar-refractivity contribution in [3.8, 4) is 0 Å². The number of carbonyl (C=O) groups is 2. The number of benzene rings is 1. The minimum atomic E-state index is -0.440. The molecule has 0 atom stereocenters. The van der Waals surface area contributed by atoms with E-state index in [1.807, 2.05) is 20.8 Å². The largest absolute Gasteiger partial charge is 0.345 e. The van der Waals surface area contributed by atoms with Gasteiger partial charge in [0.2, 0.25) is 0 Å². The van der Waals surface area contributed by atoms with Crippen LogP contribution in [0.3, 0.4) is 0 Å². The van der Waals surface area contributed by atoms with Gasteiger partial charge in [0.25, 0.3) is 5.91 Å². The smallest absolute Gasteiger partial charge is 0.252 e. The summed E-state index contributed by atoms with van der Waals surface area (Å²) in [6, 6.07) is 5.27. The fraction of sp³-hybridized carbons (Fsp3) is 0.385. The van der Waals surface area contributed by atoms with Crippen molar-refractivity contribution in [2.75, 3.05) is 6.54 Å². The van der Waals surface area contributed by atoms with Crippen LogP contribution in [0.4, 0.5) is 0 Å². The zero-order chi connectivity index (χ0) is 13.9. The van der Waals surface area contributed by atoms with E-state index in [-0.39, 0.29) is 18.2 Å². The number of carbonyl (C=O) groups excluding carboxylic acids is 2. The summed E-state index contributed by atoms with van der Waals surface area (Å²) in [6.07, 6.45) is 0. The first kappa shape index (κ1) is 15.4. The highest BCUT2D eigenvalue weighted by atomic mass is 79.9. The van der Waals surface area contributed by atoms with E-state index in [0.29, 0.717) is 10.0 Å². The summed E-state index contributed by atoms with van der Waals surface area (Å²) >= 11 is 6.64. The van der Waals surface area contributed by atoms with Gasteiger partial charge in [-0.05, 0) is 34.1 Å². The van der Waals surface area contributed by atoms with E-state index in [9.17, 15) is 9.59 Å². The van der Waals surface area contributed by atoms with Crippen molar-refractivity contribution in [3.63, 3.8) is 0 Å². The Morgan fingerprint density at radius 3 is 2.33 bits per heavy atom. The van der Waals surface area contributed by atoms with Crippen LogP contribution in [-0.2, 0) is 4.79 Å². The highest BCUT2D eigenvalue weighted by Gasteiger charge is 2.21. The molecule has 0 spiro atoms. The Balaban J connectivity index is 2.70. The lowest BCUT2D eigenvalue weighted by molar-refractivity contribution is -0.125. The molecule has 0 saturated heterocycles. The van der Waals surface area contributed by atoms with E-state index in [2.05, 4.69) is 37.2 Å². The first-order valence-corrected chi connectivity index (χ1v) is 7.07. The van der Waals surface area contributed by atoms with Crippen LogP contribution in [0.15, 0.2) is 27.1 Å². The second kappa shape index (κ2) is 5.97. The van der Waals surface area contributed by atoms with E-state index in [4.69, 9.17) is 0 Å². The summed E-state index contributed by atoms with van der Waals surface area (Å²) in [5, 5.41) is 2.63. The molecule has 0 fully saturated rings. The van der Waals surface area contributed by atoms with Gasteiger partial charge in [-0.2, -0.15) is 0 Å². The zero-order valence-electron chi connectivity index (χ0n) is 10.5. The van der Waals surface area contributed by atoms with Crippen molar-refractivity contribution < 1.29 is 9.59 Å². The van der Waals surface area contributed by atoms with Crippen molar-refractivity contribution >= 4 is 43.6 Å². The molecule has 1 amide bonds. The Morgan fingerprint density at radius 1 is 1.22 bits per heavy atom. The number of Topliss-reactive ketones (excluding diaryl/α,β-unsaturated/α-hetero) is 1. The predicted molar refractivity (Wildman–Crippen MR) is 78.6 cm³/mol. The predicted octanol–water partition coefficient (Wildman–Crippen LogP) is 3.56. The van der Waals surface area contributed by atoms with Crippen molar-refractivity contribution in [2.45, 2.75) is 20.8 Å². The highest BCUT2D eigenvalue weighted by molar-refractivity contribution is 9.11. The molecule has 0 radical (unpaired) electrons. The summed E-state index contributed by atoms with van der Waals surface area (Å²) in [4.78, 5) is 23.6. The van der Waals surface area contributed by atoms with Crippen LogP contribution in [0, 0.1) is 5.41 Å². The van der Waals surface area contributed by atoms with Crippen LogP contribution < -0.4 is 5.32 Å². The highest BCUT2D eigenvalue weighted by Crippen LogP contribution is 2.22. The van der Waals surface area contributed by atoms with Crippen LogP contribution in [0.25, 0.3) is 0 Å². The van der Waals surface area contributed by atoms with Gasteiger partial charge in [-0.15, -0.1) is 0 Å². The maximum atomic E-state index is 11.9. The first-order chi connectivity index (χ1) is 8.21. The van der Waals surface area contributed by atoms with Crippen molar-refractivity contribution in [2.24, 2.45) is 5.41 Å². The number of hydrogen-bond donors (Lipinski definition) is 1. The average Bonchev–Trinajstić information content (AvgIpc) is 2.24. The lowest BCUT2D eigenvalue weighted by atomic mass is 9.91. The number of hydrogen-bond acceptors (Lipinski definition) is 2. The summed E-state index contributed by atoms with van der Waals surface area (Å²) < 4.78 is 1.58. The minimum absolute atomic E-state index is 0.00378. The van der Waals surface area contributed by atoms with Gasteiger partial charge in [-0.25, -0.2) is 0 Å². The van der Waals surface area contributed by atoms with Gasteiger partial charge in [-0.1, -0.05) is 36.7 Å². The normalized spacial score (nSPS) is 11.2. The Hall–Kier alpha value is -0.680. The molecule has 0 heterocycles. The SMILES string of the molecule is CC(C)(C)C(=O)CNC(=O)c1ccc(Br)cc1Br. The average molecular weight is 377 g/mol. The van der Waals surface area contributed by atoms with Crippen molar-refractivity contribution in [3.05, 3.63) is 32.7 Å². The number of amides is 1. The van der Waals surface area contributed by atoms with Crippen molar-refractivity contribution in [1.82, 2.24) is 5.32 Å². The fourth-order valence-corrected chi connectivity index (χ4v) is 2.42. The third-order valence-corrected chi connectivity index (χ3v) is 3.57. The van der Waals surface area contributed by atoms with Crippen LogP contribution in [0.2, 0.25) is 0 Å². The third kappa shape index (κ3) is 4.21. The van der Waals surface area contributed by atoms with E-state index >= 15 is 0 Å². The van der Waals surface area contributed by atoms with Crippen LogP contribution >= 0.6 is 31.9 Å². The van der Waals surface area contributed by atoms with Crippen LogP contribution in [-0.4, -0.2) is 18.2 Å². The summed E-state index contributed by atoms with van der Waals surface area (Å²) in [6.45, 7) is 5.54. The van der Waals surface area contributed by atoms with E-state index in [1.165, 1.54) is 0 Å². The van der Waals surface area contributed by atoms with Gasteiger partial charge in [0.05, 0.1) is 12.1 Å². The van der Waals surface area contributed by atoms with Gasteiger partial charge in [-0.3, -0.25) is 9.59 Å². The molecule has 1 aromatic carbocycles. The summed E-state index contributed by atoms with van der Waals surface area (Å²) in [7, 11) is 0. The van der Waals surface area contributed by atoms with Crippen molar-refractivity contribution in [1.29, 1.82) is 0 Å². The number of halogens is 2. The van der Waals surface area contributed by atoms with E-state index in [1.54, 1.807) is 18.2 Å². The first-order valence-electron chi connectivity index (χ1n) is 5.48. The second-order valence-electron chi connectivity index (χ2n) is 4.98. The molecule has 0 aliphatic heterocycles. The molecule has 0 aromatic heterocycles. The molecule has 0 bridgehead atoms. The molecule has 18 heavy (non-hydrogen) atoms. The molecular weight excluding hydrogens is 362 g/mol. The molecule has 5 heteroatoms. The maximum Gasteiger partial charge on any atom is 0.252 e. The lowest BCUT2D eigenvalue weighted by Gasteiger charge is -2.16. The van der Waals surface area contributed by atoms with E-state index < -0.39 is 5.41 Å². The monoisotopic (exact) mass is 375 g/mol. The topological polar surface area (TPSA) is 46.2 Å².